The van der Waals surface area contributed by atoms with Gasteiger partial charge in [-0.05, 0) is 13.8 Å². The lowest BCUT2D eigenvalue weighted by molar-refractivity contribution is 0.206. The monoisotopic (exact) mass is 282 g/mol. The van der Waals surface area contributed by atoms with Crippen LogP contribution in [-0.2, 0) is 8.85 Å². The average molecular weight is 283 g/mol. The van der Waals surface area contributed by atoms with Crippen molar-refractivity contribution >= 4 is 22.5 Å². The third-order valence-electron chi connectivity index (χ3n) is 2.05. The van der Waals surface area contributed by atoms with Gasteiger partial charge in [-0.3, -0.25) is 0 Å². The molecule has 0 saturated heterocycles. The zero-order valence-corrected chi connectivity index (χ0v) is 12.2. The van der Waals surface area contributed by atoms with E-state index in [-0.39, 0.29) is 0 Å². The van der Waals surface area contributed by atoms with Crippen molar-refractivity contribution in [1.82, 2.24) is 0 Å². The Morgan fingerprint density at radius 3 is 1.93 bits per heavy atom. The normalized spacial score (nSPS) is 12.0. The summed E-state index contributed by atoms with van der Waals surface area (Å²) in [6.45, 7) is 7.75. The first-order valence-corrected chi connectivity index (χ1v) is 9.93. The summed E-state index contributed by atoms with van der Waals surface area (Å²) in [4.78, 5) is 0. The molecule has 0 fully saturated rings. The number of hydrogen-bond acceptors (Lipinski definition) is 2. The van der Waals surface area contributed by atoms with Crippen LogP contribution in [0.2, 0.25) is 6.04 Å². The highest BCUT2D eigenvalue weighted by Crippen LogP contribution is 2.24. The Labute approximate surface area is 97.2 Å². The maximum absolute atomic E-state index is 5.68. The van der Waals surface area contributed by atoms with Crippen LogP contribution in [0.3, 0.4) is 0 Å². The lowest BCUT2D eigenvalue weighted by Gasteiger charge is -2.23. The zero-order valence-electron chi connectivity index (χ0n) is 9.64. The minimum absolute atomic E-state index is 0.741. The Kier molecular flexibility index (Phi) is 9.28. The van der Waals surface area contributed by atoms with Gasteiger partial charge in [0.15, 0.2) is 0 Å². The fourth-order valence-corrected chi connectivity index (χ4v) is 5.50. The average Bonchev–Trinajstić information content (AvgIpc) is 2.13. The van der Waals surface area contributed by atoms with Crippen molar-refractivity contribution in [3.05, 3.63) is 0 Å². The zero-order chi connectivity index (χ0) is 10.9. The topological polar surface area (TPSA) is 18.5 Å². The van der Waals surface area contributed by atoms with Gasteiger partial charge in [-0.15, -0.1) is 0 Å². The van der Waals surface area contributed by atoms with E-state index in [1.807, 2.05) is 13.8 Å². The van der Waals surface area contributed by atoms with Gasteiger partial charge in [0.2, 0.25) is 0 Å². The van der Waals surface area contributed by atoms with Crippen molar-refractivity contribution in [2.75, 3.05) is 13.2 Å². The van der Waals surface area contributed by atoms with Gasteiger partial charge in [0.25, 0.3) is 0 Å². The lowest BCUT2D eigenvalue weighted by Crippen LogP contribution is -2.35. The summed E-state index contributed by atoms with van der Waals surface area (Å²) in [5.41, 5.74) is 0. The molecular weight excluding hydrogens is 260 g/mol. The molecule has 86 valence electrons. The first kappa shape index (κ1) is 14.6. The number of unbranched alkanes of at least 4 members (excludes halogenated alkanes) is 3. The summed E-state index contributed by atoms with van der Waals surface area (Å²) < 4.78 is 11.4. The van der Waals surface area contributed by atoms with E-state index in [0.717, 1.165) is 19.3 Å². The molecule has 0 aromatic heterocycles. The van der Waals surface area contributed by atoms with Crippen molar-refractivity contribution in [2.24, 2.45) is 0 Å². The molecule has 0 heterocycles. The van der Waals surface area contributed by atoms with Gasteiger partial charge < -0.3 is 8.85 Å². The smallest absolute Gasteiger partial charge is 0.387 e. The van der Waals surface area contributed by atoms with E-state index >= 15 is 0 Å². The van der Waals surface area contributed by atoms with E-state index in [2.05, 4.69) is 22.2 Å². The molecule has 0 aliphatic rings. The van der Waals surface area contributed by atoms with Gasteiger partial charge in [-0.2, -0.15) is 0 Å². The molecule has 0 spiro atoms. The molecule has 0 atom stereocenters. The van der Waals surface area contributed by atoms with Crippen molar-refractivity contribution in [3.8, 4) is 0 Å². The quantitative estimate of drug-likeness (QED) is 0.362. The van der Waals surface area contributed by atoms with Crippen molar-refractivity contribution in [1.29, 1.82) is 0 Å². The highest BCUT2D eigenvalue weighted by atomic mass is 79.9. The number of hydrogen-bond donors (Lipinski definition) is 0. The van der Waals surface area contributed by atoms with Crippen molar-refractivity contribution in [3.63, 3.8) is 0 Å². The van der Waals surface area contributed by atoms with Gasteiger partial charge >= 0.3 is 7.18 Å². The van der Waals surface area contributed by atoms with Crippen LogP contribution >= 0.6 is 15.3 Å². The Hall–Kier alpha value is 0.617. The van der Waals surface area contributed by atoms with Gasteiger partial charge in [0, 0.05) is 19.3 Å². The largest absolute Gasteiger partial charge is 0.414 e. The van der Waals surface area contributed by atoms with Gasteiger partial charge in [0.1, 0.15) is 0 Å². The maximum atomic E-state index is 5.68. The van der Waals surface area contributed by atoms with Crippen LogP contribution in [0.15, 0.2) is 0 Å². The molecule has 0 aromatic rings. The molecule has 0 N–H and O–H groups in total. The Morgan fingerprint density at radius 1 is 0.929 bits per heavy atom. The predicted molar refractivity (Wildman–Crippen MR) is 66.9 cm³/mol. The third-order valence-corrected chi connectivity index (χ3v) is 7.00. The Morgan fingerprint density at radius 2 is 1.50 bits per heavy atom. The van der Waals surface area contributed by atoms with Crippen LogP contribution < -0.4 is 0 Å². The highest BCUT2D eigenvalue weighted by molar-refractivity contribution is 9.25. The predicted octanol–water partition coefficient (Wildman–Crippen LogP) is 3.97. The fourth-order valence-electron chi connectivity index (χ4n) is 1.38. The maximum Gasteiger partial charge on any atom is 0.414 e. The van der Waals surface area contributed by atoms with Crippen LogP contribution in [-0.4, -0.2) is 20.4 Å². The number of rotatable bonds is 9. The second kappa shape index (κ2) is 8.89. The SMILES string of the molecule is CCCCCC[Si](Br)(OCC)OCC. The molecule has 14 heavy (non-hydrogen) atoms. The van der Waals surface area contributed by atoms with Crippen molar-refractivity contribution in [2.45, 2.75) is 52.5 Å². The first-order chi connectivity index (χ1) is 6.68. The second-order valence-electron chi connectivity index (χ2n) is 3.34. The Bertz CT molecular complexity index is 127. The Balaban J connectivity index is 3.71. The molecular formula is C10H23BrO2Si. The lowest BCUT2D eigenvalue weighted by atomic mass is 10.2. The molecule has 0 bridgehead atoms. The van der Waals surface area contributed by atoms with Crippen LogP contribution in [0.5, 0.6) is 0 Å². The third kappa shape index (κ3) is 6.98. The summed E-state index contributed by atoms with van der Waals surface area (Å²) >= 11 is 3.65. The van der Waals surface area contributed by atoms with Gasteiger partial charge in [0.05, 0.1) is 0 Å². The standard InChI is InChI=1S/C10H23BrO2Si/c1-4-7-8-9-10-14(11,12-5-2)13-6-3/h4-10H2,1-3H3. The van der Waals surface area contributed by atoms with Crippen LogP contribution in [0, 0.1) is 0 Å². The minimum atomic E-state index is -1.99. The molecule has 0 aromatic carbocycles. The molecule has 0 saturated carbocycles. The molecule has 2 nitrogen and oxygen atoms in total. The minimum Gasteiger partial charge on any atom is -0.387 e. The van der Waals surface area contributed by atoms with Crippen LogP contribution in [0.25, 0.3) is 0 Å². The molecule has 0 rings (SSSR count). The molecule has 0 aliphatic carbocycles. The molecule has 4 heteroatoms. The first-order valence-electron chi connectivity index (χ1n) is 5.65. The van der Waals surface area contributed by atoms with E-state index in [1.165, 1.54) is 25.7 Å². The highest BCUT2D eigenvalue weighted by Gasteiger charge is 2.33. The molecule has 0 amide bonds. The van der Waals surface area contributed by atoms with E-state index in [9.17, 15) is 0 Å². The van der Waals surface area contributed by atoms with Crippen LogP contribution in [0.1, 0.15) is 46.5 Å². The fraction of sp³-hybridized carbons (Fsp3) is 1.00. The molecule has 0 unspecified atom stereocenters. The molecule has 0 aliphatic heterocycles. The molecule has 0 radical (unpaired) electrons. The van der Waals surface area contributed by atoms with E-state index < -0.39 is 7.18 Å². The summed E-state index contributed by atoms with van der Waals surface area (Å²) in [5, 5.41) is 0. The van der Waals surface area contributed by atoms with Gasteiger partial charge in [-0.1, -0.05) is 47.9 Å². The second-order valence-corrected chi connectivity index (χ2v) is 9.36. The summed E-state index contributed by atoms with van der Waals surface area (Å²) in [5.74, 6) is 0. The summed E-state index contributed by atoms with van der Waals surface area (Å²) in [7, 11) is -1.99. The van der Waals surface area contributed by atoms with Crippen molar-refractivity contribution < 1.29 is 8.85 Å². The van der Waals surface area contributed by atoms with E-state index in [4.69, 9.17) is 8.85 Å². The van der Waals surface area contributed by atoms with E-state index in [1.54, 1.807) is 0 Å². The van der Waals surface area contributed by atoms with E-state index in [0.29, 0.717) is 0 Å². The summed E-state index contributed by atoms with van der Waals surface area (Å²) in [6, 6.07) is 1.06. The summed E-state index contributed by atoms with van der Waals surface area (Å²) in [6.07, 6.45) is 5.10. The van der Waals surface area contributed by atoms with Crippen LogP contribution in [0.4, 0.5) is 0 Å². The van der Waals surface area contributed by atoms with Gasteiger partial charge in [-0.25, -0.2) is 0 Å². The number of halogens is 1.